The fourth-order valence-corrected chi connectivity index (χ4v) is 2.21. The van der Waals surface area contributed by atoms with Crippen LogP contribution in [0.15, 0.2) is 66.3 Å². The zero-order valence-electron chi connectivity index (χ0n) is 15.0. The van der Waals surface area contributed by atoms with Crippen molar-refractivity contribution in [3.05, 3.63) is 77.9 Å². The van der Waals surface area contributed by atoms with Crippen LogP contribution in [-0.4, -0.2) is 18.7 Å². The van der Waals surface area contributed by atoms with E-state index in [1.54, 1.807) is 12.3 Å². The molecule has 0 unspecified atom stereocenters. The van der Waals surface area contributed by atoms with Crippen molar-refractivity contribution in [2.45, 2.75) is 26.2 Å². The molecule has 0 fully saturated rings. The standard InChI is InChI=1S/C21H24N2O2/c1-5-14-25-19-9-7-6-8-17(19)15-22-23-20(24)16-10-12-18(13-11-16)21(2,3)4/h5-13,15H,1,14H2,2-4H3,(H,23,24)/b22-15-. The van der Waals surface area contributed by atoms with Crippen LogP contribution < -0.4 is 10.2 Å². The largest absolute Gasteiger partial charge is 0.489 e. The van der Waals surface area contributed by atoms with Crippen LogP contribution in [0.25, 0.3) is 0 Å². The Morgan fingerprint density at radius 3 is 2.48 bits per heavy atom. The van der Waals surface area contributed by atoms with Crippen molar-refractivity contribution in [3.8, 4) is 5.75 Å². The van der Waals surface area contributed by atoms with Crippen LogP contribution in [0.3, 0.4) is 0 Å². The topological polar surface area (TPSA) is 50.7 Å². The van der Waals surface area contributed by atoms with Gasteiger partial charge in [0.05, 0.1) is 6.21 Å². The van der Waals surface area contributed by atoms with Gasteiger partial charge in [0.2, 0.25) is 0 Å². The third-order valence-electron chi connectivity index (χ3n) is 3.66. The molecular formula is C21H24N2O2. The van der Waals surface area contributed by atoms with Crippen molar-refractivity contribution in [2.24, 2.45) is 5.10 Å². The van der Waals surface area contributed by atoms with Crippen molar-refractivity contribution in [2.75, 3.05) is 6.61 Å². The highest BCUT2D eigenvalue weighted by atomic mass is 16.5. The van der Waals surface area contributed by atoms with Crippen LogP contribution in [0.4, 0.5) is 0 Å². The molecule has 0 heterocycles. The van der Waals surface area contributed by atoms with Crippen LogP contribution in [0, 0.1) is 0 Å². The van der Waals surface area contributed by atoms with Gasteiger partial charge in [-0.05, 0) is 35.2 Å². The number of hydrazone groups is 1. The molecule has 1 N–H and O–H groups in total. The van der Waals surface area contributed by atoms with Crippen LogP contribution in [0.1, 0.15) is 42.3 Å². The molecule has 0 atom stereocenters. The van der Waals surface area contributed by atoms with Crippen molar-refractivity contribution in [1.82, 2.24) is 5.43 Å². The molecule has 0 radical (unpaired) electrons. The molecule has 0 saturated carbocycles. The molecule has 1 amide bonds. The smallest absolute Gasteiger partial charge is 0.271 e. The summed E-state index contributed by atoms with van der Waals surface area (Å²) >= 11 is 0. The number of ether oxygens (including phenoxy) is 1. The normalized spacial score (nSPS) is 11.3. The SMILES string of the molecule is C=CCOc1ccccc1/C=N\NC(=O)c1ccc(C(C)(C)C)cc1. The number of carbonyl (C=O) groups excluding carboxylic acids is 1. The van der Waals surface area contributed by atoms with E-state index in [2.05, 4.69) is 37.9 Å². The molecule has 0 aliphatic carbocycles. The van der Waals surface area contributed by atoms with Crippen LogP contribution in [0.5, 0.6) is 5.75 Å². The molecule has 130 valence electrons. The average molecular weight is 336 g/mol. The fourth-order valence-electron chi connectivity index (χ4n) is 2.21. The maximum absolute atomic E-state index is 12.2. The van der Waals surface area contributed by atoms with Crippen molar-refractivity contribution in [3.63, 3.8) is 0 Å². The van der Waals surface area contributed by atoms with Gasteiger partial charge in [0.1, 0.15) is 12.4 Å². The Bertz CT molecular complexity index is 756. The van der Waals surface area contributed by atoms with Gasteiger partial charge < -0.3 is 4.74 Å². The lowest BCUT2D eigenvalue weighted by atomic mass is 9.87. The second kappa shape index (κ2) is 8.29. The van der Waals surface area contributed by atoms with E-state index in [1.807, 2.05) is 48.5 Å². The molecule has 0 aromatic heterocycles. The lowest BCUT2D eigenvalue weighted by Gasteiger charge is -2.18. The molecule has 2 aromatic carbocycles. The van der Waals surface area contributed by atoms with E-state index in [0.717, 1.165) is 5.56 Å². The van der Waals surface area contributed by atoms with Gasteiger partial charge in [-0.25, -0.2) is 5.43 Å². The highest BCUT2D eigenvalue weighted by molar-refractivity contribution is 5.95. The van der Waals surface area contributed by atoms with Gasteiger partial charge in [0.25, 0.3) is 5.91 Å². The van der Waals surface area contributed by atoms with Gasteiger partial charge in [0, 0.05) is 11.1 Å². The third-order valence-corrected chi connectivity index (χ3v) is 3.66. The Balaban J connectivity index is 2.02. The zero-order valence-corrected chi connectivity index (χ0v) is 15.0. The van der Waals surface area contributed by atoms with Gasteiger partial charge in [-0.3, -0.25) is 4.79 Å². The van der Waals surface area contributed by atoms with Gasteiger partial charge >= 0.3 is 0 Å². The van der Waals surface area contributed by atoms with Crippen LogP contribution in [0.2, 0.25) is 0 Å². The summed E-state index contributed by atoms with van der Waals surface area (Å²) < 4.78 is 5.55. The number of nitrogens with zero attached hydrogens (tertiary/aromatic N) is 1. The van der Waals surface area contributed by atoms with Crippen molar-refractivity contribution in [1.29, 1.82) is 0 Å². The number of hydrogen-bond donors (Lipinski definition) is 1. The molecule has 0 aliphatic rings. The summed E-state index contributed by atoms with van der Waals surface area (Å²) in [5, 5.41) is 4.03. The van der Waals surface area contributed by atoms with E-state index in [-0.39, 0.29) is 11.3 Å². The first-order valence-electron chi connectivity index (χ1n) is 8.18. The molecular weight excluding hydrogens is 312 g/mol. The molecule has 2 aromatic rings. The van der Waals surface area contributed by atoms with E-state index in [1.165, 1.54) is 5.56 Å². The van der Waals surface area contributed by atoms with Gasteiger partial charge in [-0.1, -0.05) is 57.7 Å². The molecule has 0 spiro atoms. The summed E-state index contributed by atoms with van der Waals surface area (Å²) in [5.74, 6) is 0.441. The highest BCUT2D eigenvalue weighted by Gasteiger charge is 2.14. The minimum atomic E-state index is -0.249. The predicted molar refractivity (Wildman–Crippen MR) is 102 cm³/mol. The first-order valence-corrected chi connectivity index (χ1v) is 8.18. The van der Waals surface area contributed by atoms with E-state index in [9.17, 15) is 4.79 Å². The van der Waals surface area contributed by atoms with Crippen molar-refractivity contribution < 1.29 is 9.53 Å². The number of hydrogen-bond acceptors (Lipinski definition) is 3. The quantitative estimate of drug-likeness (QED) is 0.485. The van der Waals surface area contributed by atoms with E-state index in [4.69, 9.17) is 4.74 Å². The summed E-state index contributed by atoms with van der Waals surface area (Å²) in [4.78, 5) is 12.2. The van der Waals surface area contributed by atoms with Gasteiger partial charge in [-0.15, -0.1) is 0 Å². The second-order valence-electron chi connectivity index (χ2n) is 6.66. The van der Waals surface area contributed by atoms with E-state index < -0.39 is 0 Å². The summed E-state index contributed by atoms with van der Waals surface area (Å²) in [6, 6.07) is 15.0. The number of para-hydroxylation sites is 1. The predicted octanol–water partition coefficient (Wildman–Crippen LogP) is 4.31. The van der Waals surface area contributed by atoms with Gasteiger partial charge in [0.15, 0.2) is 0 Å². The molecule has 0 saturated heterocycles. The van der Waals surface area contributed by atoms with E-state index >= 15 is 0 Å². The Labute approximate surface area is 149 Å². The highest BCUT2D eigenvalue weighted by Crippen LogP contribution is 2.22. The average Bonchev–Trinajstić information content (AvgIpc) is 2.60. The Kier molecular flexibility index (Phi) is 6.12. The van der Waals surface area contributed by atoms with Gasteiger partial charge in [-0.2, -0.15) is 5.10 Å². The molecule has 4 nitrogen and oxygen atoms in total. The second-order valence-corrected chi connectivity index (χ2v) is 6.66. The zero-order chi connectivity index (χ0) is 18.3. The summed E-state index contributed by atoms with van der Waals surface area (Å²) in [5.41, 5.74) is 5.14. The maximum atomic E-state index is 12.2. The minimum Gasteiger partial charge on any atom is -0.489 e. The van der Waals surface area contributed by atoms with Crippen molar-refractivity contribution >= 4 is 12.1 Å². The molecule has 0 bridgehead atoms. The minimum absolute atomic E-state index is 0.0578. The number of nitrogens with one attached hydrogen (secondary N) is 1. The lowest BCUT2D eigenvalue weighted by molar-refractivity contribution is 0.0955. The molecule has 4 heteroatoms. The number of carbonyl (C=O) groups is 1. The molecule has 2 rings (SSSR count). The first-order chi connectivity index (χ1) is 11.9. The monoisotopic (exact) mass is 336 g/mol. The lowest BCUT2D eigenvalue weighted by Crippen LogP contribution is -2.18. The van der Waals surface area contributed by atoms with Crippen LogP contribution in [-0.2, 0) is 5.41 Å². The maximum Gasteiger partial charge on any atom is 0.271 e. The Morgan fingerprint density at radius 2 is 1.84 bits per heavy atom. The van der Waals surface area contributed by atoms with E-state index in [0.29, 0.717) is 17.9 Å². The van der Waals surface area contributed by atoms with Crippen LogP contribution >= 0.6 is 0 Å². The number of benzene rings is 2. The number of rotatable bonds is 6. The summed E-state index contributed by atoms with van der Waals surface area (Å²) in [6.07, 6.45) is 3.25. The molecule has 25 heavy (non-hydrogen) atoms. The first kappa shape index (κ1) is 18.5. The Hall–Kier alpha value is -2.88. The number of amides is 1. The summed E-state index contributed by atoms with van der Waals surface area (Å²) in [6.45, 7) is 10.5. The fraction of sp³-hybridized carbons (Fsp3) is 0.238. The Morgan fingerprint density at radius 1 is 1.16 bits per heavy atom. The third kappa shape index (κ3) is 5.31. The molecule has 0 aliphatic heterocycles. The summed E-state index contributed by atoms with van der Waals surface area (Å²) in [7, 11) is 0.